The summed E-state index contributed by atoms with van der Waals surface area (Å²) in [6.45, 7) is 21.4. The van der Waals surface area contributed by atoms with Crippen LogP contribution in [0.4, 0.5) is 0 Å². The largest absolute Gasteiger partial charge is 0.429 e. The van der Waals surface area contributed by atoms with E-state index in [9.17, 15) is 0 Å². The molecule has 0 saturated carbocycles. The Balaban J connectivity index is 1.80. The first kappa shape index (κ1) is 43.8. The van der Waals surface area contributed by atoms with Crippen molar-refractivity contribution in [3.8, 4) is 0 Å². The molecule has 0 aliphatic rings. The summed E-state index contributed by atoms with van der Waals surface area (Å²) in [4.78, 5) is 0. The van der Waals surface area contributed by atoms with Crippen molar-refractivity contribution in [3.63, 3.8) is 0 Å². The van der Waals surface area contributed by atoms with Crippen LogP contribution < -0.4 is 31.1 Å². The highest BCUT2D eigenvalue weighted by molar-refractivity contribution is 7.11. The molecule has 9 heteroatoms. The molecule has 59 heavy (non-hydrogen) atoms. The quantitative estimate of drug-likeness (QED) is 0.0506. The Kier molecular flexibility index (Phi) is 14.8. The predicted octanol–water partition coefficient (Wildman–Crippen LogP) is 8.72. The average Bonchev–Trinajstić information content (AvgIpc) is 3.27. The minimum atomic E-state index is -4.03. The van der Waals surface area contributed by atoms with Gasteiger partial charge >= 0.3 is 25.7 Å². The van der Waals surface area contributed by atoms with Gasteiger partial charge in [-0.3, -0.25) is 0 Å². The molecule has 0 heterocycles. The van der Waals surface area contributed by atoms with Gasteiger partial charge in [0, 0.05) is 0 Å². The van der Waals surface area contributed by atoms with E-state index in [4.69, 9.17) is 16.5 Å². The molecule has 0 radical (unpaired) electrons. The zero-order valence-electron chi connectivity index (χ0n) is 34.4. The maximum atomic E-state index is 8.52. The van der Waals surface area contributed by atoms with Gasteiger partial charge in [0.25, 0.3) is 0 Å². The Labute approximate surface area is 357 Å². The molecule has 0 atom stereocenters. The molecule has 0 spiro atoms. The second-order valence-electron chi connectivity index (χ2n) is 15.3. The Bertz CT molecular complexity index is 1980. The molecule has 6 aromatic carbocycles. The lowest BCUT2D eigenvalue weighted by molar-refractivity contribution is 0.324. The summed E-state index contributed by atoms with van der Waals surface area (Å²) in [5, 5.41) is 5.90. The van der Waals surface area contributed by atoms with Crippen LogP contribution in [-0.4, -0.2) is 42.3 Å². The van der Waals surface area contributed by atoms with E-state index in [2.05, 4.69) is 221 Å². The van der Waals surface area contributed by atoms with Gasteiger partial charge in [-0.05, 0) is 68.4 Å². The highest BCUT2D eigenvalue weighted by Crippen LogP contribution is 2.32. The highest BCUT2D eigenvalue weighted by atomic mass is 28.5. The third-order valence-corrected chi connectivity index (χ3v) is 32.6. The van der Waals surface area contributed by atoms with E-state index < -0.39 is 42.3 Å². The zero-order valence-corrected chi connectivity index (χ0v) is 39.4. The van der Waals surface area contributed by atoms with Gasteiger partial charge in [0.2, 0.25) is 0 Å². The Morgan fingerprint density at radius 3 is 0.644 bits per heavy atom. The van der Waals surface area contributed by atoms with Crippen LogP contribution in [0.1, 0.15) is 0 Å². The second-order valence-corrected chi connectivity index (χ2v) is 33.2. The highest BCUT2D eigenvalue weighted by Gasteiger charge is 2.61. The molecule has 0 aliphatic carbocycles. The van der Waals surface area contributed by atoms with Gasteiger partial charge in [-0.2, -0.15) is 0 Å². The van der Waals surface area contributed by atoms with Crippen molar-refractivity contribution in [1.82, 2.24) is 0 Å². The molecule has 6 rings (SSSR count). The smallest absolute Gasteiger partial charge is 0.390 e. The van der Waals surface area contributed by atoms with Crippen LogP contribution >= 0.6 is 0 Å². The molecular formula is C50H56O4Si5. The number of hydrogen-bond donors (Lipinski definition) is 0. The molecule has 0 aliphatic heterocycles. The van der Waals surface area contributed by atoms with Crippen LogP contribution in [0, 0.1) is 0 Å². The fourth-order valence-electron chi connectivity index (χ4n) is 7.87. The van der Waals surface area contributed by atoms with Crippen molar-refractivity contribution in [2.45, 2.75) is 37.3 Å². The maximum Gasteiger partial charge on any atom is 0.390 e. The van der Waals surface area contributed by atoms with Crippen molar-refractivity contribution in [2.75, 3.05) is 0 Å². The first-order chi connectivity index (χ1) is 28.7. The van der Waals surface area contributed by atoms with E-state index in [1.54, 1.807) is 0 Å². The number of rotatable bonds is 22. The molecule has 300 valence electrons. The molecule has 0 fully saturated rings. The lowest BCUT2D eigenvalue weighted by Gasteiger charge is -2.49. The minimum absolute atomic E-state index is 0.714. The second kappa shape index (κ2) is 20.0. The maximum absolute atomic E-state index is 8.52. The van der Waals surface area contributed by atoms with Crippen LogP contribution in [0.25, 0.3) is 0 Å². The van der Waals surface area contributed by atoms with Crippen molar-refractivity contribution in [2.24, 2.45) is 0 Å². The zero-order chi connectivity index (χ0) is 41.7. The van der Waals surface area contributed by atoms with Crippen LogP contribution in [0.5, 0.6) is 0 Å². The Morgan fingerprint density at radius 2 is 0.475 bits per heavy atom. The van der Waals surface area contributed by atoms with Crippen LogP contribution in [0.2, 0.25) is 37.3 Å². The van der Waals surface area contributed by atoms with Crippen LogP contribution in [-0.2, 0) is 16.5 Å². The molecule has 0 unspecified atom stereocenters. The van der Waals surface area contributed by atoms with E-state index in [-0.39, 0.29) is 0 Å². The van der Waals surface area contributed by atoms with Gasteiger partial charge < -0.3 is 16.5 Å². The fraction of sp³-hybridized carbons (Fsp3) is 0.120. The molecule has 0 bridgehead atoms. The molecule has 4 nitrogen and oxygen atoms in total. The number of benzene rings is 6. The Morgan fingerprint density at radius 1 is 0.305 bits per heavy atom. The third kappa shape index (κ3) is 9.82. The standard InChI is InChI=1S/C50H56O4Si5/c1-7-41-55(5,42-8-2)51-57(45-29-17-11-18-30-45,46-31-19-12-20-32-46)53-59(49-37-25-15-26-38-49,50-39-27-16-28-40-50)54-58(47-33-21-13-22-34-47,48-35-23-14-24-36-48)52-56(6,43-9-3)44-10-4/h7-40H,1-4,41-44H2,5-6H3. The minimum Gasteiger partial charge on any atom is -0.429 e. The first-order valence-electron chi connectivity index (χ1n) is 20.3. The topological polar surface area (TPSA) is 36.9 Å². The van der Waals surface area contributed by atoms with Gasteiger partial charge in [-0.15, -0.1) is 26.3 Å². The Hall–Kier alpha value is -4.80. The van der Waals surface area contributed by atoms with E-state index >= 15 is 0 Å². The van der Waals surface area contributed by atoms with Crippen molar-refractivity contribution in [3.05, 3.63) is 233 Å². The van der Waals surface area contributed by atoms with Crippen LogP contribution in [0.3, 0.4) is 0 Å². The number of hydrogen-bond acceptors (Lipinski definition) is 4. The van der Waals surface area contributed by atoms with E-state index in [1.807, 2.05) is 24.3 Å². The van der Waals surface area contributed by atoms with Crippen molar-refractivity contribution < 1.29 is 16.5 Å². The molecule has 0 saturated heterocycles. The van der Waals surface area contributed by atoms with Gasteiger partial charge in [0.15, 0.2) is 16.6 Å². The lowest BCUT2D eigenvalue weighted by Crippen LogP contribution is -2.82. The summed E-state index contributed by atoms with van der Waals surface area (Å²) >= 11 is 0. The molecular weight excluding hydrogens is 805 g/mol. The monoisotopic (exact) mass is 860 g/mol. The predicted molar refractivity (Wildman–Crippen MR) is 261 cm³/mol. The van der Waals surface area contributed by atoms with Gasteiger partial charge in [-0.1, -0.05) is 206 Å². The lowest BCUT2D eigenvalue weighted by atomic mass is 10.4. The van der Waals surface area contributed by atoms with Crippen molar-refractivity contribution >= 4 is 73.4 Å². The molecule has 0 aromatic heterocycles. The van der Waals surface area contributed by atoms with E-state index in [0.29, 0.717) is 24.2 Å². The SMILES string of the molecule is C=CC[Si](C)(CC=C)O[Si](O[Si](O[Si](O[Si](C)(CC=C)CC=C)(c1ccccc1)c1ccccc1)(c1ccccc1)c1ccccc1)(c1ccccc1)c1ccccc1. The summed E-state index contributed by atoms with van der Waals surface area (Å²) in [5.41, 5.74) is 0. The number of allylic oxidation sites excluding steroid dienone is 4. The molecule has 0 N–H and O–H groups in total. The third-order valence-electron chi connectivity index (χ3n) is 10.6. The molecule has 0 amide bonds. The average molecular weight is 861 g/mol. The van der Waals surface area contributed by atoms with Gasteiger partial charge in [-0.25, -0.2) is 0 Å². The summed E-state index contributed by atoms with van der Waals surface area (Å²) in [6.07, 6.45) is 7.95. The first-order valence-corrected chi connectivity index (χ1v) is 31.4. The van der Waals surface area contributed by atoms with E-state index in [0.717, 1.165) is 31.1 Å². The summed E-state index contributed by atoms with van der Waals surface area (Å²) in [7, 11) is -17.0. The summed E-state index contributed by atoms with van der Waals surface area (Å²) in [6, 6.07) is 66.1. The normalized spacial score (nSPS) is 12.4. The van der Waals surface area contributed by atoms with E-state index in [1.165, 1.54) is 0 Å². The molecule has 6 aromatic rings. The van der Waals surface area contributed by atoms with Crippen LogP contribution in [0.15, 0.2) is 233 Å². The van der Waals surface area contributed by atoms with Gasteiger partial charge in [0.1, 0.15) is 0 Å². The van der Waals surface area contributed by atoms with Gasteiger partial charge in [0.05, 0.1) is 0 Å². The summed E-state index contributed by atoms with van der Waals surface area (Å²) < 4.78 is 33.1. The fourth-order valence-corrected chi connectivity index (χ4v) is 32.8. The van der Waals surface area contributed by atoms with Crippen molar-refractivity contribution in [1.29, 1.82) is 0 Å². The summed E-state index contributed by atoms with van der Waals surface area (Å²) in [5.74, 6) is 0.